The highest BCUT2D eigenvalue weighted by atomic mass is 16.5. The molecule has 1 N–H and O–H groups in total. The summed E-state index contributed by atoms with van der Waals surface area (Å²) in [6.07, 6.45) is 5.43. The summed E-state index contributed by atoms with van der Waals surface area (Å²) < 4.78 is 10.1. The first-order valence-corrected chi connectivity index (χ1v) is 5.03. The number of nitrogens with zero attached hydrogens (tertiary/aromatic N) is 2. The molecule has 3 rings (SSSR count). The van der Waals surface area contributed by atoms with Crippen molar-refractivity contribution in [2.24, 2.45) is 0 Å². The highest BCUT2D eigenvalue weighted by Crippen LogP contribution is 2.23. The molecule has 1 atom stereocenters. The Bertz CT molecular complexity index is 429. The molecule has 5 heteroatoms. The number of nitrogens with one attached hydrogen (secondary N) is 1. The Labute approximate surface area is 86.5 Å². The molecule has 3 heterocycles. The fourth-order valence-electron chi connectivity index (χ4n) is 1.78. The smallest absolute Gasteiger partial charge is 0.261 e. The summed E-state index contributed by atoms with van der Waals surface area (Å²) in [5.74, 6) is 1.26. The third-order valence-electron chi connectivity index (χ3n) is 2.58. The van der Waals surface area contributed by atoms with E-state index in [-0.39, 0.29) is 6.04 Å². The van der Waals surface area contributed by atoms with Crippen LogP contribution in [0, 0.1) is 0 Å². The van der Waals surface area contributed by atoms with E-state index in [1.165, 1.54) is 6.42 Å². The first kappa shape index (κ1) is 8.67. The Hall–Kier alpha value is -1.62. The van der Waals surface area contributed by atoms with Gasteiger partial charge in [0, 0.05) is 0 Å². The van der Waals surface area contributed by atoms with Crippen LogP contribution in [0.25, 0.3) is 11.5 Å². The van der Waals surface area contributed by atoms with Crippen molar-refractivity contribution in [3.63, 3.8) is 0 Å². The van der Waals surface area contributed by atoms with Crippen molar-refractivity contribution in [2.45, 2.75) is 18.9 Å². The average molecular weight is 205 g/mol. The zero-order valence-corrected chi connectivity index (χ0v) is 8.14. The van der Waals surface area contributed by atoms with Crippen LogP contribution in [-0.4, -0.2) is 16.7 Å². The minimum Gasteiger partial charge on any atom is -0.472 e. The van der Waals surface area contributed by atoms with Crippen molar-refractivity contribution >= 4 is 0 Å². The van der Waals surface area contributed by atoms with Gasteiger partial charge in [0.2, 0.25) is 0 Å². The number of furan rings is 1. The highest BCUT2D eigenvalue weighted by Gasteiger charge is 2.22. The van der Waals surface area contributed by atoms with E-state index in [4.69, 9.17) is 8.94 Å². The Morgan fingerprint density at radius 3 is 3.20 bits per heavy atom. The van der Waals surface area contributed by atoms with Gasteiger partial charge in [0.1, 0.15) is 6.26 Å². The van der Waals surface area contributed by atoms with Gasteiger partial charge in [0.15, 0.2) is 5.82 Å². The fraction of sp³-hybridized carbons (Fsp3) is 0.400. The lowest BCUT2D eigenvalue weighted by Crippen LogP contribution is -2.14. The van der Waals surface area contributed by atoms with Crippen molar-refractivity contribution in [2.75, 3.05) is 6.54 Å². The summed E-state index contributed by atoms with van der Waals surface area (Å²) in [4.78, 5) is 4.33. The first-order valence-electron chi connectivity index (χ1n) is 5.03. The number of aromatic nitrogens is 2. The van der Waals surface area contributed by atoms with E-state index in [0.29, 0.717) is 5.89 Å². The summed E-state index contributed by atoms with van der Waals surface area (Å²) in [5, 5.41) is 7.29. The molecule has 1 saturated heterocycles. The predicted octanol–water partition coefficient (Wildman–Crippen LogP) is 1.75. The van der Waals surface area contributed by atoms with Gasteiger partial charge < -0.3 is 14.3 Å². The first-order chi connectivity index (χ1) is 7.43. The van der Waals surface area contributed by atoms with E-state index in [1.54, 1.807) is 18.6 Å². The van der Waals surface area contributed by atoms with Crippen molar-refractivity contribution in [1.29, 1.82) is 0 Å². The Morgan fingerprint density at radius 2 is 2.47 bits per heavy atom. The highest BCUT2D eigenvalue weighted by molar-refractivity contribution is 5.49. The van der Waals surface area contributed by atoms with Crippen LogP contribution in [0.3, 0.4) is 0 Å². The molecule has 0 saturated carbocycles. The van der Waals surface area contributed by atoms with Gasteiger partial charge in [-0.1, -0.05) is 5.16 Å². The van der Waals surface area contributed by atoms with Gasteiger partial charge >= 0.3 is 0 Å². The van der Waals surface area contributed by atoms with Crippen LogP contribution in [0.15, 0.2) is 27.5 Å². The number of rotatable bonds is 2. The molecule has 5 nitrogen and oxygen atoms in total. The van der Waals surface area contributed by atoms with Crippen molar-refractivity contribution in [3.05, 3.63) is 24.4 Å². The molecule has 1 aliphatic rings. The lowest BCUT2D eigenvalue weighted by molar-refractivity contribution is 0.411. The largest absolute Gasteiger partial charge is 0.472 e. The van der Waals surface area contributed by atoms with Gasteiger partial charge in [-0.05, 0) is 25.5 Å². The molecule has 0 amide bonds. The van der Waals surface area contributed by atoms with Gasteiger partial charge in [0.25, 0.3) is 5.89 Å². The summed E-state index contributed by atoms with van der Waals surface area (Å²) in [7, 11) is 0. The van der Waals surface area contributed by atoms with Crippen LogP contribution in [0.4, 0.5) is 0 Å². The maximum absolute atomic E-state index is 5.16. The van der Waals surface area contributed by atoms with Gasteiger partial charge in [-0.3, -0.25) is 0 Å². The van der Waals surface area contributed by atoms with E-state index in [2.05, 4.69) is 15.5 Å². The quantitative estimate of drug-likeness (QED) is 0.809. The molecule has 0 aromatic carbocycles. The van der Waals surface area contributed by atoms with Crippen LogP contribution in [0.5, 0.6) is 0 Å². The summed E-state index contributed by atoms with van der Waals surface area (Å²) in [6, 6.07) is 2.05. The molecule has 78 valence electrons. The molecule has 0 radical (unpaired) electrons. The van der Waals surface area contributed by atoms with Gasteiger partial charge in [-0.25, -0.2) is 0 Å². The van der Waals surface area contributed by atoms with Crippen LogP contribution in [-0.2, 0) is 0 Å². The third kappa shape index (κ3) is 1.55. The van der Waals surface area contributed by atoms with Gasteiger partial charge in [0.05, 0.1) is 17.9 Å². The lowest BCUT2D eigenvalue weighted by Gasteiger charge is -2.01. The van der Waals surface area contributed by atoms with Gasteiger partial charge in [-0.15, -0.1) is 0 Å². The minimum atomic E-state index is 0.245. The van der Waals surface area contributed by atoms with Crippen molar-refractivity contribution in [3.8, 4) is 11.5 Å². The van der Waals surface area contributed by atoms with Crippen LogP contribution in [0.2, 0.25) is 0 Å². The molecule has 1 unspecified atom stereocenters. The van der Waals surface area contributed by atoms with Crippen molar-refractivity contribution in [1.82, 2.24) is 15.5 Å². The monoisotopic (exact) mass is 205 g/mol. The van der Waals surface area contributed by atoms with E-state index in [1.807, 2.05) is 0 Å². The number of hydrogen-bond donors (Lipinski definition) is 1. The average Bonchev–Trinajstić information content (AvgIpc) is 3.02. The standard InChI is InChI=1S/C10H11N3O2/c1-2-8(11-4-1)9-12-10(15-13-9)7-3-5-14-6-7/h3,5-6,8,11H,1-2,4H2. The van der Waals surface area contributed by atoms with Crippen LogP contribution in [0.1, 0.15) is 24.7 Å². The topological polar surface area (TPSA) is 64.1 Å². The molecular weight excluding hydrogens is 194 g/mol. The zero-order valence-electron chi connectivity index (χ0n) is 8.14. The molecule has 1 fully saturated rings. The predicted molar refractivity (Wildman–Crippen MR) is 52.0 cm³/mol. The maximum atomic E-state index is 5.16. The molecule has 15 heavy (non-hydrogen) atoms. The Balaban J connectivity index is 1.87. The maximum Gasteiger partial charge on any atom is 0.261 e. The van der Waals surface area contributed by atoms with E-state index in [9.17, 15) is 0 Å². The Kier molecular flexibility index (Phi) is 2.03. The molecular formula is C10H11N3O2. The van der Waals surface area contributed by atoms with Crippen molar-refractivity contribution < 1.29 is 8.94 Å². The SMILES string of the molecule is c1cc(-c2nc(C3CCCN3)no2)co1. The molecule has 0 spiro atoms. The van der Waals surface area contributed by atoms with E-state index in [0.717, 1.165) is 24.4 Å². The second-order valence-corrected chi connectivity index (χ2v) is 3.62. The van der Waals surface area contributed by atoms with Gasteiger partial charge in [-0.2, -0.15) is 4.98 Å². The fourth-order valence-corrected chi connectivity index (χ4v) is 1.78. The third-order valence-corrected chi connectivity index (χ3v) is 2.58. The second-order valence-electron chi connectivity index (χ2n) is 3.62. The minimum absolute atomic E-state index is 0.245. The lowest BCUT2D eigenvalue weighted by atomic mass is 10.2. The number of hydrogen-bond acceptors (Lipinski definition) is 5. The van der Waals surface area contributed by atoms with E-state index < -0.39 is 0 Å². The van der Waals surface area contributed by atoms with E-state index >= 15 is 0 Å². The normalized spacial score (nSPS) is 20.9. The molecule has 2 aromatic heterocycles. The summed E-state index contributed by atoms with van der Waals surface area (Å²) in [6.45, 7) is 1.03. The van der Waals surface area contributed by atoms with Crippen LogP contribution >= 0.6 is 0 Å². The molecule has 1 aliphatic heterocycles. The molecule has 2 aromatic rings. The Morgan fingerprint density at radius 1 is 1.47 bits per heavy atom. The zero-order chi connectivity index (χ0) is 10.1. The molecule has 0 bridgehead atoms. The van der Waals surface area contributed by atoms with Crippen LogP contribution < -0.4 is 5.32 Å². The second kappa shape index (κ2) is 3.51. The molecule has 0 aliphatic carbocycles. The summed E-state index contributed by atoms with van der Waals surface area (Å²) >= 11 is 0. The summed E-state index contributed by atoms with van der Waals surface area (Å²) in [5.41, 5.74) is 0.826.